The van der Waals surface area contributed by atoms with Crippen LogP contribution in [0.1, 0.15) is 27.7 Å². The summed E-state index contributed by atoms with van der Waals surface area (Å²) >= 11 is 0. The monoisotopic (exact) mass is 422 g/mol. The van der Waals surface area contributed by atoms with Crippen molar-refractivity contribution in [1.29, 1.82) is 0 Å². The van der Waals surface area contributed by atoms with Crippen LogP contribution in [0.2, 0.25) is 0 Å². The minimum absolute atomic E-state index is 0.136. The maximum atomic E-state index is 5.95. The van der Waals surface area contributed by atoms with Gasteiger partial charge in [0.2, 0.25) is 5.95 Å². The average Bonchev–Trinajstić information content (AvgIpc) is 3.16. The number of benzene rings is 1. The molecule has 0 radical (unpaired) electrons. The van der Waals surface area contributed by atoms with Gasteiger partial charge >= 0.3 is 0 Å². The molecular formula is C23H30N6O2. The molecule has 4 heterocycles. The van der Waals surface area contributed by atoms with Crippen molar-refractivity contribution in [2.45, 2.75) is 52.1 Å². The first-order valence-corrected chi connectivity index (χ1v) is 11.1. The van der Waals surface area contributed by atoms with Crippen molar-refractivity contribution in [3.05, 3.63) is 36.7 Å². The van der Waals surface area contributed by atoms with Crippen LogP contribution in [0, 0.1) is 0 Å². The fourth-order valence-corrected chi connectivity index (χ4v) is 4.68. The first-order chi connectivity index (χ1) is 15.0. The van der Waals surface area contributed by atoms with Crippen LogP contribution in [0.25, 0.3) is 16.9 Å². The van der Waals surface area contributed by atoms with Gasteiger partial charge in [0.15, 0.2) is 0 Å². The molecule has 8 heteroatoms. The fourth-order valence-electron chi connectivity index (χ4n) is 4.68. The summed E-state index contributed by atoms with van der Waals surface area (Å²) in [5.74, 6) is 2.48. The van der Waals surface area contributed by atoms with Gasteiger partial charge in [0.05, 0.1) is 35.4 Å². The first kappa shape index (κ1) is 20.2. The number of hydrogen-bond acceptors (Lipinski definition) is 7. The third-order valence-electron chi connectivity index (χ3n) is 5.83. The van der Waals surface area contributed by atoms with E-state index in [1.807, 2.05) is 29.1 Å². The van der Waals surface area contributed by atoms with Gasteiger partial charge < -0.3 is 19.3 Å². The number of fused-ring (bicyclic) bond motifs is 1. The van der Waals surface area contributed by atoms with Crippen LogP contribution in [0.3, 0.4) is 0 Å². The lowest BCUT2D eigenvalue weighted by molar-refractivity contribution is -0.00601. The summed E-state index contributed by atoms with van der Waals surface area (Å²) in [6, 6.07) is 10.2. The highest BCUT2D eigenvalue weighted by molar-refractivity contribution is 5.77. The van der Waals surface area contributed by atoms with Crippen LogP contribution in [0.5, 0.6) is 0 Å². The molecule has 164 valence electrons. The number of rotatable bonds is 3. The summed E-state index contributed by atoms with van der Waals surface area (Å²) in [7, 11) is 0. The summed E-state index contributed by atoms with van der Waals surface area (Å²) in [6.45, 7) is 11.6. The molecule has 1 aromatic carbocycles. The number of nitrogens with zero attached hydrogens (tertiary/aromatic N) is 6. The molecule has 5 rings (SSSR count). The summed E-state index contributed by atoms with van der Waals surface area (Å²) in [4.78, 5) is 19.1. The third-order valence-corrected chi connectivity index (χ3v) is 5.83. The first-order valence-electron chi connectivity index (χ1n) is 11.1. The highest BCUT2D eigenvalue weighted by Gasteiger charge is 2.28. The predicted molar refractivity (Wildman–Crippen MR) is 121 cm³/mol. The Morgan fingerprint density at radius 2 is 1.35 bits per heavy atom. The van der Waals surface area contributed by atoms with Gasteiger partial charge in [0, 0.05) is 32.2 Å². The van der Waals surface area contributed by atoms with E-state index < -0.39 is 0 Å². The molecule has 2 aromatic heterocycles. The van der Waals surface area contributed by atoms with Crippen LogP contribution < -0.4 is 9.80 Å². The lowest BCUT2D eigenvalue weighted by Crippen LogP contribution is -2.47. The molecule has 4 atom stereocenters. The van der Waals surface area contributed by atoms with E-state index in [1.54, 1.807) is 0 Å². The van der Waals surface area contributed by atoms with E-state index in [4.69, 9.17) is 19.4 Å². The number of anilines is 2. The summed E-state index contributed by atoms with van der Waals surface area (Å²) < 4.78 is 13.9. The Bertz CT molecular complexity index is 1000. The zero-order valence-electron chi connectivity index (χ0n) is 18.6. The lowest BCUT2D eigenvalue weighted by atomic mass is 10.2. The number of imidazole rings is 1. The van der Waals surface area contributed by atoms with E-state index in [1.165, 1.54) is 0 Å². The molecule has 2 saturated heterocycles. The molecule has 2 aliphatic rings. The molecule has 31 heavy (non-hydrogen) atoms. The zero-order valence-corrected chi connectivity index (χ0v) is 18.6. The second kappa shape index (κ2) is 8.09. The molecule has 0 amide bonds. The van der Waals surface area contributed by atoms with E-state index in [9.17, 15) is 0 Å². The van der Waals surface area contributed by atoms with E-state index in [-0.39, 0.29) is 24.4 Å². The van der Waals surface area contributed by atoms with Crippen LogP contribution >= 0.6 is 0 Å². The molecule has 0 N–H and O–H groups in total. The fraction of sp³-hybridized carbons (Fsp3) is 0.522. The minimum atomic E-state index is 0.136. The molecular weight excluding hydrogens is 392 g/mol. The summed E-state index contributed by atoms with van der Waals surface area (Å²) in [6.07, 6.45) is 2.43. The van der Waals surface area contributed by atoms with Gasteiger partial charge in [-0.3, -0.25) is 4.57 Å². The van der Waals surface area contributed by atoms with E-state index in [2.05, 4.69) is 54.6 Å². The lowest BCUT2D eigenvalue weighted by Gasteiger charge is -2.38. The van der Waals surface area contributed by atoms with Crippen LogP contribution in [0.4, 0.5) is 11.8 Å². The van der Waals surface area contributed by atoms with E-state index in [0.29, 0.717) is 0 Å². The van der Waals surface area contributed by atoms with Gasteiger partial charge in [-0.05, 0) is 39.8 Å². The number of aromatic nitrogens is 4. The molecule has 3 aromatic rings. The Morgan fingerprint density at radius 3 is 2.03 bits per heavy atom. The average molecular weight is 423 g/mol. The maximum Gasteiger partial charge on any atom is 0.229 e. The smallest absolute Gasteiger partial charge is 0.229 e. The van der Waals surface area contributed by atoms with Crippen LogP contribution in [-0.2, 0) is 9.47 Å². The second-order valence-electron chi connectivity index (χ2n) is 8.81. The molecule has 8 nitrogen and oxygen atoms in total. The maximum absolute atomic E-state index is 5.95. The molecule has 0 spiro atoms. The van der Waals surface area contributed by atoms with Crippen molar-refractivity contribution in [3.63, 3.8) is 0 Å². The Hall–Kier alpha value is -2.71. The molecule has 2 fully saturated rings. The Balaban J connectivity index is 1.60. The van der Waals surface area contributed by atoms with Crippen molar-refractivity contribution in [1.82, 2.24) is 19.5 Å². The number of morpholine rings is 2. The molecule has 0 bridgehead atoms. The largest absolute Gasteiger partial charge is 0.372 e. The second-order valence-corrected chi connectivity index (χ2v) is 8.81. The minimum Gasteiger partial charge on any atom is -0.372 e. The van der Waals surface area contributed by atoms with E-state index in [0.717, 1.165) is 54.8 Å². The number of para-hydroxylation sites is 2. The van der Waals surface area contributed by atoms with Gasteiger partial charge in [-0.1, -0.05) is 12.1 Å². The standard InChI is InChI=1S/C23H30N6O2/c1-15-10-27(11-16(2)30-15)21-9-22(29-14-24-19-7-5-6-8-20(19)29)26-23(25-21)28-12-17(3)31-18(4)13-28/h5-9,14-18H,10-13H2,1-4H3. The molecule has 0 aliphatic carbocycles. The SMILES string of the molecule is CC1CN(c2cc(-n3cnc4ccccc43)nc(N3CC(C)OC(C)C3)n2)CC(C)O1. The summed E-state index contributed by atoms with van der Waals surface area (Å²) in [5.41, 5.74) is 1.98. The predicted octanol–water partition coefficient (Wildman–Crippen LogP) is 3.04. The van der Waals surface area contributed by atoms with Crippen LogP contribution in [-0.4, -0.2) is 70.1 Å². The third kappa shape index (κ3) is 4.09. The van der Waals surface area contributed by atoms with Gasteiger partial charge in [0.1, 0.15) is 18.0 Å². The Labute approximate surface area is 182 Å². The molecule has 2 aliphatic heterocycles. The van der Waals surface area contributed by atoms with Gasteiger partial charge in [-0.15, -0.1) is 0 Å². The Morgan fingerprint density at radius 1 is 0.774 bits per heavy atom. The Kier molecular flexibility index (Phi) is 5.27. The molecule has 0 saturated carbocycles. The van der Waals surface area contributed by atoms with Crippen LogP contribution in [0.15, 0.2) is 36.7 Å². The highest BCUT2D eigenvalue weighted by Crippen LogP contribution is 2.27. The van der Waals surface area contributed by atoms with Crippen molar-refractivity contribution in [2.75, 3.05) is 36.0 Å². The van der Waals surface area contributed by atoms with Crippen molar-refractivity contribution < 1.29 is 9.47 Å². The molecule has 4 unspecified atom stereocenters. The number of ether oxygens (including phenoxy) is 2. The summed E-state index contributed by atoms with van der Waals surface area (Å²) in [5, 5.41) is 0. The number of hydrogen-bond donors (Lipinski definition) is 0. The quantitative estimate of drug-likeness (QED) is 0.643. The zero-order chi connectivity index (χ0) is 21.5. The van der Waals surface area contributed by atoms with Gasteiger partial charge in [-0.25, -0.2) is 4.98 Å². The van der Waals surface area contributed by atoms with Gasteiger partial charge in [0.25, 0.3) is 0 Å². The van der Waals surface area contributed by atoms with Crippen molar-refractivity contribution in [3.8, 4) is 5.82 Å². The highest BCUT2D eigenvalue weighted by atomic mass is 16.5. The topological polar surface area (TPSA) is 68.5 Å². The normalized spacial score (nSPS) is 27.1. The van der Waals surface area contributed by atoms with E-state index >= 15 is 0 Å². The van der Waals surface area contributed by atoms with Crippen molar-refractivity contribution >= 4 is 22.8 Å². The van der Waals surface area contributed by atoms with Crippen molar-refractivity contribution in [2.24, 2.45) is 0 Å². The van der Waals surface area contributed by atoms with Gasteiger partial charge in [-0.2, -0.15) is 9.97 Å².